The van der Waals surface area contributed by atoms with Crippen LogP contribution in [-0.2, 0) is 9.59 Å². The van der Waals surface area contributed by atoms with Crippen LogP contribution in [0.5, 0.6) is 0 Å². The molecule has 116 valence electrons. The van der Waals surface area contributed by atoms with Crippen LogP contribution in [0.4, 0.5) is 5.69 Å². The summed E-state index contributed by atoms with van der Waals surface area (Å²) >= 11 is 0. The van der Waals surface area contributed by atoms with Crippen LogP contribution < -0.4 is 11.1 Å². The number of likely N-dealkylation sites (tertiary alicyclic amines) is 1. The summed E-state index contributed by atoms with van der Waals surface area (Å²) in [6, 6.07) is 8.88. The van der Waals surface area contributed by atoms with Crippen LogP contribution in [0.3, 0.4) is 0 Å². The molecule has 1 heterocycles. The summed E-state index contributed by atoms with van der Waals surface area (Å²) in [5.41, 5.74) is 6.86. The van der Waals surface area contributed by atoms with Gasteiger partial charge in [-0.25, -0.2) is 0 Å². The van der Waals surface area contributed by atoms with Crippen molar-refractivity contribution in [3.63, 3.8) is 0 Å². The number of rotatable bonds is 4. The Labute approximate surface area is 129 Å². The third-order valence-corrected chi connectivity index (χ3v) is 3.73. The van der Waals surface area contributed by atoms with Gasteiger partial charge in [0.25, 0.3) is 0 Å². The maximum atomic E-state index is 12.0. The van der Waals surface area contributed by atoms with E-state index in [1.165, 1.54) is 0 Å². The van der Waals surface area contributed by atoms with Gasteiger partial charge in [-0.15, -0.1) is 0 Å². The average Bonchev–Trinajstić information content (AvgIpc) is 2.53. The predicted octanol–water partition coefficient (Wildman–Crippen LogP) is 1.23. The number of carbonyl (C=O) groups excluding carboxylic acids is 2. The monoisotopic (exact) mass is 300 g/mol. The molecule has 0 aromatic heterocycles. The molecule has 6 heteroatoms. The summed E-state index contributed by atoms with van der Waals surface area (Å²) in [6.45, 7) is 1.34. The molecule has 1 aliphatic rings. The molecule has 3 N–H and O–H groups in total. The smallest absolute Gasteiger partial charge is 0.224 e. The number of nitrogens with two attached hydrogens (primary N) is 1. The van der Waals surface area contributed by atoms with E-state index in [1.807, 2.05) is 6.07 Å². The fourth-order valence-corrected chi connectivity index (χ4v) is 2.42. The molecule has 0 bridgehead atoms. The van der Waals surface area contributed by atoms with E-state index in [2.05, 4.69) is 5.32 Å². The van der Waals surface area contributed by atoms with Crippen molar-refractivity contribution in [3.05, 3.63) is 29.8 Å². The van der Waals surface area contributed by atoms with Gasteiger partial charge in [-0.3, -0.25) is 9.59 Å². The van der Waals surface area contributed by atoms with Gasteiger partial charge in [0.2, 0.25) is 11.8 Å². The molecule has 1 aliphatic heterocycles. The molecule has 22 heavy (non-hydrogen) atoms. The van der Waals surface area contributed by atoms with E-state index < -0.39 is 0 Å². The van der Waals surface area contributed by atoms with Crippen molar-refractivity contribution in [2.75, 3.05) is 18.4 Å². The van der Waals surface area contributed by atoms with E-state index in [0.717, 1.165) is 12.8 Å². The lowest BCUT2D eigenvalue weighted by Crippen LogP contribution is -2.43. The first-order chi connectivity index (χ1) is 10.6. The van der Waals surface area contributed by atoms with Crippen LogP contribution in [0.25, 0.3) is 0 Å². The molecule has 0 aliphatic carbocycles. The first kappa shape index (κ1) is 16.0. The lowest BCUT2D eigenvalue weighted by atomic mass is 10.1. The number of hydrogen-bond acceptors (Lipinski definition) is 4. The summed E-state index contributed by atoms with van der Waals surface area (Å²) in [7, 11) is 0. The second-order valence-corrected chi connectivity index (χ2v) is 5.46. The van der Waals surface area contributed by atoms with Gasteiger partial charge in [0.15, 0.2) is 0 Å². The Morgan fingerprint density at radius 2 is 2.05 bits per heavy atom. The highest BCUT2D eigenvalue weighted by Gasteiger charge is 2.20. The SMILES string of the molecule is N#Cc1cccc(NC(=O)CCC(=O)N2CCC(N)CC2)c1. The Kier molecular flexibility index (Phi) is 5.50. The minimum Gasteiger partial charge on any atom is -0.343 e. The predicted molar refractivity (Wildman–Crippen MR) is 82.8 cm³/mol. The van der Waals surface area contributed by atoms with Gasteiger partial charge in [0.05, 0.1) is 11.6 Å². The van der Waals surface area contributed by atoms with E-state index in [4.69, 9.17) is 11.0 Å². The minimum atomic E-state index is -0.225. The minimum absolute atomic E-state index is 0.00664. The number of carbonyl (C=O) groups is 2. The number of amides is 2. The molecule has 2 rings (SSSR count). The van der Waals surface area contributed by atoms with Crippen molar-refractivity contribution < 1.29 is 9.59 Å². The third kappa shape index (κ3) is 4.57. The molecule has 1 aromatic carbocycles. The normalized spacial score (nSPS) is 15.2. The highest BCUT2D eigenvalue weighted by molar-refractivity contribution is 5.93. The molecule has 0 radical (unpaired) electrons. The molecule has 0 atom stereocenters. The van der Waals surface area contributed by atoms with Gasteiger partial charge in [-0.1, -0.05) is 6.07 Å². The van der Waals surface area contributed by atoms with Crippen LogP contribution in [0.1, 0.15) is 31.2 Å². The van der Waals surface area contributed by atoms with Crippen LogP contribution in [0, 0.1) is 11.3 Å². The lowest BCUT2D eigenvalue weighted by molar-refractivity contribution is -0.133. The Bertz CT molecular complexity index is 586. The number of anilines is 1. The standard InChI is InChI=1S/C16H20N4O2/c17-11-12-2-1-3-14(10-12)19-15(21)4-5-16(22)20-8-6-13(18)7-9-20/h1-3,10,13H,4-9,18H2,(H,19,21). The summed E-state index contributed by atoms with van der Waals surface area (Å²) in [5.74, 6) is -0.232. The average molecular weight is 300 g/mol. The Balaban J connectivity index is 1.77. The van der Waals surface area contributed by atoms with Crippen LogP contribution in [0.2, 0.25) is 0 Å². The molecule has 1 saturated heterocycles. The maximum Gasteiger partial charge on any atom is 0.224 e. The Hall–Kier alpha value is -2.39. The topological polar surface area (TPSA) is 99.2 Å². The zero-order valence-electron chi connectivity index (χ0n) is 12.4. The summed E-state index contributed by atoms with van der Waals surface area (Å²) in [6.07, 6.45) is 1.97. The molecular formula is C16H20N4O2. The fourth-order valence-electron chi connectivity index (χ4n) is 2.42. The van der Waals surface area contributed by atoms with Crippen molar-refractivity contribution in [2.24, 2.45) is 5.73 Å². The van der Waals surface area contributed by atoms with Crippen molar-refractivity contribution in [3.8, 4) is 6.07 Å². The van der Waals surface area contributed by atoms with E-state index in [-0.39, 0.29) is 30.7 Å². The third-order valence-electron chi connectivity index (χ3n) is 3.73. The van der Waals surface area contributed by atoms with E-state index in [0.29, 0.717) is 24.3 Å². The Morgan fingerprint density at radius 3 is 2.73 bits per heavy atom. The number of nitrogens with zero attached hydrogens (tertiary/aromatic N) is 2. The van der Waals surface area contributed by atoms with Gasteiger partial charge in [-0.05, 0) is 31.0 Å². The quantitative estimate of drug-likeness (QED) is 0.873. The number of piperidine rings is 1. The molecule has 0 spiro atoms. The van der Waals surface area contributed by atoms with Gasteiger partial charge < -0.3 is 16.0 Å². The van der Waals surface area contributed by atoms with Gasteiger partial charge in [0, 0.05) is 37.7 Å². The van der Waals surface area contributed by atoms with Crippen molar-refractivity contribution in [1.82, 2.24) is 4.90 Å². The molecular weight excluding hydrogens is 280 g/mol. The zero-order chi connectivity index (χ0) is 15.9. The molecule has 6 nitrogen and oxygen atoms in total. The van der Waals surface area contributed by atoms with Gasteiger partial charge >= 0.3 is 0 Å². The lowest BCUT2D eigenvalue weighted by Gasteiger charge is -2.30. The summed E-state index contributed by atoms with van der Waals surface area (Å²) in [5, 5.41) is 11.5. The molecule has 0 unspecified atom stereocenters. The molecule has 2 amide bonds. The Morgan fingerprint density at radius 1 is 1.32 bits per heavy atom. The van der Waals surface area contributed by atoms with Crippen molar-refractivity contribution >= 4 is 17.5 Å². The number of nitriles is 1. The number of benzene rings is 1. The first-order valence-electron chi connectivity index (χ1n) is 7.42. The second kappa shape index (κ2) is 7.57. The van der Waals surface area contributed by atoms with Gasteiger partial charge in [0.1, 0.15) is 0 Å². The van der Waals surface area contributed by atoms with Crippen molar-refractivity contribution in [2.45, 2.75) is 31.7 Å². The van der Waals surface area contributed by atoms with E-state index >= 15 is 0 Å². The van der Waals surface area contributed by atoms with Crippen molar-refractivity contribution in [1.29, 1.82) is 5.26 Å². The summed E-state index contributed by atoms with van der Waals surface area (Å²) < 4.78 is 0. The second-order valence-electron chi connectivity index (χ2n) is 5.46. The summed E-state index contributed by atoms with van der Waals surface area (Å²) in [4.78, 5) is 25.7. The largest absolute Gasteiger partial charge is 0.343 e. The van der Waals surface area contributed by atoms with E-state index in [9.17, 15) is 9.59 Å². The number of nitrogens with one attached hydrogen (secondary N) is 1. The van der Waals surface area contributed by atoms with Crippen LogP contribution in [-0.4, -0.2) is 35.8 Å². The highest BCUT2D eigenvalue weighted by atomic mass is 16.2. The fraction of sp³-hybridized carbons (Fsp3) is 0.438. The highest BCUT2D eigenvalue weighted by Crippen LogP contribution is 2.12. The molecule has 1 aromatic rings. The van der Waals surface area contributed by atoms with E-state index in [1.54, 1.807) is 29.2 Å². The molecule has 0 saturated carbocycles. The van der Waals surface area contributed by atoms with Crippen LogP contribution >= 0.6 is 0 Å². The maximum absolute atomic E-state index is 12.0. The first-order valence-corrected chi connectivity index (χ1v) is 7.42. The van der Waals surface area contributed by atoms with Gasteiger partial charge in [-0.2, -0.15) is 5.26 Å². The zero-order valence-corrected chi connectivity index (χ0v) is 12.4. The molecule has 1 fully saturated rings. The number of hydrogen-bond donors (Lipinski definition) is 2. The van der Waals surface area contributed by atoms with Crippen LogP contribution in [0.15, 0.2) is 24.3 Å².